The Hall–Kier alpha value is -3.09. The first kappa shape index (κ1) is 17.3. The van der Waals surface area contributed by atoms with Gasteiger partial charge in [0.1, 0.15) is 5.76 Å². The largest absolute Gasteiger partial charge is 0.469 e. The van der Waals surface area contributed by atoms with E-state index < -0.39 is 11.8 Å². The van der Waals surface area contributed by atoms with Crippen molar-refractivity contribution in [3.63, 3.8) is 0 Å². The Labute approximate surface area is 139 Å². The summed E-state index contributed by atoms with van der Waals surface area (Å²) in [5.41, 5.74) is 7.37. The van der Waals surface area contributed by atoms with Gasteiger partial charge in [-0.1, -0.05) is 6.07 Å². The molecule has 0 bridgehead atoms. The lowest BCUT2D eigenvalue weighted by atomic mass is 10.1. The fraction of sp³-hybridized carbons (Fsp3) is 0.235. The molecular formula is C17H19N3O4. The van der Waals surface area contributed by atoms with Crippen molar-refractivity contribution in [2.75, 3.05) is 6.54 Å². The summed E-state index contributed by atoms with van der Waals surface area (Å²) in [6, 6.07) is 6.79. The maximum Gasteiger partial charge on any atom is 0.273 e. The van der Waals surface area contributed by atoms with Crippen LogP contribution in [0.25, 0.3) is 0 Å². The predicted molar refractivity (Wildman–Crippen MR) is 87.3 cm³/mol. The Morgan fingerprint density at radius 3 is 2.33 bits per heavy atom. The van der Waals surface area contributed by atoms with Crippen LogP contribution in [0, 0.1) is 20.8 Å². The first-order chi connectivity index (χ1) is 11.4. The van der Waals surface area contributed by atoms with Crippen LogP contribution in [0.2, 0.25) is 0 Å². The van der Waals surface area contributed by atoms with Crippen LogP contribution in [0.4, 0.5) is 0 Å². The van der Waals surface area contributed by atoms with Gasteiger partial charge in [-0.2, -0.15) is 0 Å². The maximum atomic E-state index is 12.0. The molecule has 3 N–H and O–H groups in total. The molecule has 24 heavy (non-hydrogen) atoms. The van der Waals surface area contributed by atoms with Crippen LogP contribution in [-0.2, 0) is 4.79 Å². The van der Waals surface area contributed by atoms with Gasteiger partial charge in [0, 0.05) is 5.56 Å². The van der Waals surface area contributed by atoms with E-state index in [1.165, 1.54) is 12.3 Å². The summed E-state index contributed by atoms with van der Waals surface area (Å²) in [4.78, 5) is 35.5. The highest BCUT2D eigenvalue weighted by molar-refractivity contribution is 5.98. The van der Waals surface area contributed by atoms with E-state index in [0.29, 0.717) is 16.9 Å². The molecule has 7 heteroatoms. The van der Waals surface area contributed by atoms with Crippen molar-refractivity contribution >= 4 is 17.7 Å². The van der Waals surface area contributed by atoms with E-state index in [0.717, 1.165) is 11.1 Å². The third-order valence-corrected chi connectivity index (χ3v) is 3.60. The summed E-state index contributed by atoms with van der Waals surface area (Å²) in [5, 5.41) is 2.49. The van der Waals surface area contributed by atoms with E-state index in [2.05, 4.69) is 16.2 Å². The lowest BCUT2D eigenvalue weighted by molar-refractivity contribution is -0.120. The van der Waals surface area contributed by atoms with Crippen LogP contribution in [0.1, 0.15) is 37.6 Å². The van der Waals surface area contributed by atoms with E-state index in [-0.39, 0.29) is 12.5 Å². The van der Waals surface area contributed by atoms with E-state index in [1.807, 2.05) is 19.9 Å². The molecule has 0 fully saturated rings. The molecule has 0 saturated carbocycles. The Balaban J connectivity index is 1.80. The second kappa shape index (κ2) is 7.45. The van der Waals surface area contributed by atoms with Crippen molar-refractivity contribution in [1.82, 2.24) is 16.2 Å². The molecule has 0 atom stereocenters. The van der Waals surface area contributed by atoms with Crippen molar-refractivity contribution in [3.05, 3.63) is 58.5 Å². The first-order valence-electron chi connectivity index (χ1n) is 7.37. The Kier molecular flexibility index (Phi) is 5.36. The predicted octanol–water partition coefficient (Wildman–Crippen LogP) is 1.40. The standard InChI is InChI=1S/C17H19N3O4/c1-10-4-5-13(8-11(10)2)16(22)18-9-15(21)19-20-17(23)14-6-7-24-12(14)3/h4-8H,9H2,1-3H3,(H,18,22)(H,19,21)(H,20,23). The van der Waals surface area contributed by atoms with Crippen LogP contribution in [0.3, 0.4) is 0 Å². The molecule has 0 aliphatic carbocycles. The molecule has 1 aromatic heterocycles. The fourth-order valence-corrected chi connectivity index (χ4v) is 2.00. The molecule has 0 saturated heterocycles. The minimum atomic E-state index is -0.540. The summed E-state index contributed by atoms with van der Waals surface area (Å²) in [5.74, 6) is -0.938. The molecule has 0 unspecified atom stereocenters. The van der Waals surface area contributed by atoms with Gasteiger partial charge >= 0.3 is 0 Å². The zero-order valence-corrected chi connectivity index (χ0v) is 13.7. The molecule has 126 valence electrons. The van der Waals surface area contributed by atoms with Crippen LogP contribution in [0.15, 0.2) is 34.9 Å². The molecule has 0 spiro atoms. The number of benzene rings is 1. The molecular weight excluding hydrogens is 310 g/mol. The quantitative estimate of drug-likeness (QED) is 0.738. The molecule has 0 radical (unpaired) electrons. The highest BCUT2D eigenvalue weighted by atomic mass is 16.3. The lowest BCUT2D eigenvalue weighted by Gasteiger charge is -2.09. The topological polar surface area (TPSA) is 100 Å². The molecule has 1 heterocycles. The Bertz CT molecular complexity index is 780. The highest BCUT2D eigenvalue weighted by Crippen LogP contribution is 2.09. The van der Waals surface area contributed by atoms with Gasteiger partial charge in [0.2, 0.25) is 0 Å². The Morgan fingerprint density at radius 1 is 0.958 bits per heavy atom. The smallest absolute Gasteiger partial charge is 0.273 e. The number of amides is 3. The average Bonchev–Trinajstić information content (AvgIpc) is 2.99. The summed E-state index contributed by atoms with van der Waals surface area (Å²) in [7, 11) is 0. The number of furan rings is 1. The number of aryl methyl sites for hydroxylation is 3. The van der Waals surface area contributed by atoms with E-state index in [9.17, 15) is 14.4 Å². The second-order valence-electron chi connectivity index (χ2n) is 5.37. The summed E-state index contributed by atoms with van der Waals surface area (Å²) in [6.45, 7) is 5.25. The third-order valence-electron chi connectivity index (χ3n) is 3.60. The van der Waals surface area contributed by atoms with Gasteiger partial charge in [-0.05, 0) is 50.1 Å². The summed E-state index contributed by atoms with van der Waals surface area (Å²) < 4.78 is 5.01. The van der Waals surface area contributed by atoms with Gasteiger partial charge in [0.05, 0.1) is 18.4 Å². The monoisotopic (exact) mass is 329 g/mol. The van der Waals surface area contributed by atoms with Crippen LogP contribution in [-0.4, -0.2) is 24.3 Å². The lowest BCUT2D eigenvalue weighted by Crippen LogP contribution is -2.46. The van der Waals surface area contributed by atoms with Crippen LogP contribution < -0.4 is 16.2 Å². The third kappa shape index (κ3) is 4.22. The van der Waals surface area contributed by atoms with E-state index in [1.54, 1.807) is 19.1 Å². The van der Waals surface area contributed by atoms with Gasteiger partial charge in [-0.15, -0.1) is 0 Å². The maximum absolute atomic E-state index is 12.0. The number of rotatable bonds is 4. The number of hydrogen-bond acceptors (Lipinski definition) is 4. The zero-order valence-electron chi connectivity index (χ0n) is 13.7. The van der Waals surface area contributed by atoms with E-state index in [4.69, 9.17) is 4.42 Å². The minimum absolute atomic E-state index is 0.254. The van der Waals surface area contributed by atoms with Crippen molar-refractivity contribution in [1.29, 1.82) is 0 Å². The van der Waals surface area contributed by atoms with Crippen molar-refractivity contribution in [2.45, 2.75) is 20.8 Å². The number of nitrogens with one attached hydrogen (secondary N) is 3. The normalized spacial score (nSPS) is 10.1. The molecule has 7 nitrogen and oxygen atoms in total. The SMILES string of the molecule is Cc1ccc(C(=O)NCC(=O)NNC(=O)c2ccoc2C)cc1C. The van der Waals surface area contributed by atoms with Crippen LogP contribution >= 0.6 is 0 Å². The van der Waals surface area contributed by atoms with Gasteiger partial charge in [-0.25, -0.2) is 0 Å². The van der Waals surface area contributed by atoms with Crippen molar-refractivity contribution in [2.24, 2.45) is 0 Å². The molecule has 0 aliphatic heterocycles. The summed E-state index contributed by atoms with van der Waals surface area (Å²) >= 11 is 0. The van der Waals surface area contributed by atoms with Crippen molar-refractivity contribution in [3.8, 4) is 0 Å². The summed E-state index contributed by atoms with van der Waals surface area (Å²) in [6.07, 6.45) is 1.38. The second-order valence-corrected chi connectivity index (χ2v) is 5.37. The highest BCUT2D eigenvalue weighted by Gasteiger charge is 2.13. The number of carbonyl (C=O) groups is 3. The Morgan fingerprint density at radius 2 is 1.71 bits per heavy atom. The zero-order chi connectivity index (χ0) is 17.7. The molecule has 3 amide bonds. The number of carbonyl (C=O) groups excluding carboxylic acids is 3. The molecule has 2 rings (SSSR count). The van der Waals surface area contributed by atoms with Gasteiger partial charge in [0.15, 0.2) is 0 Å². The number of hydrogen-bond donors (Lipinski definition) is 3. The first-order valence-corrected chi connectivity index (χ1v) is 7.37. The molecule has 2 aromatic rings. The average molecular weight is 329 g/mol. The molecule has 1 aromatic carbocycles. The minimum Gasteiger partial charge on any atom is -0.469 e. The van der Waals surface area contributed by atoms with Crippen LogP contribution in [0.5, 0.6) is 0 Å². The van der Waals surface area contributed by atoms with Gasteiger partial charge in [-0.3, -0.25) is 25.2 Å². The van der Waals surface area contributed by atoms with E-state index >= 15 is 0 Å². The number of hydrazine groups is 1. The van der Waals surface area contributed by atoms with Gasteiger partial charge < -0.3 is 9.73 Å². The van der Waals surface area contributed by atoms with Gasteiger partial charge in [0.25, 0.3) is 17.7 Å². The molecule has 0 aliphatic rings. The fourth-order valence-electron chi connectivity index (χ4n) is 2.00. The van der Waals surface area contributed by atoms with Crippen molar-refractivity contribution < 1.29 is 18.8 Å².